The highest BCUT2D eigenvalue weighted by Crippen LogP contribution is 2.19. The van der Waals surface area contributed by atoms with E-state index in [1.807, 2.05) is 0 Å². The summed E-state index contributed by atoms with van der Waals surface area (Å²) in [5.74, 6) is -0.371. The molecule has 5 unspecified atom stereocenters. The van der Waals surface area contributed by atoms with Crippen LogP contribution < -0.4 is 5.32 Å². The van der Waals surface area contributed by atoms with Gasteiger partial charge in [-0.2, -0.15) is 0 Å². The van der Waals surface area contributed by atoms with E-state index in [0.29, 0.717) is 0 Å². The molecule has 14 heavy (non-hydrogen) atoms. The summed E-state index contributed by atoms with van der Waals surface area (Å²) in [5.41, 5.74) is 0. The van der Waals surface area contributed by atoms with Gasteiger partial charge in [0, 0.05) is 6.92 Å². The molecule has 82 valence electrons. The van der Waals surface area contributed by atoms with Crippen LogP contribution in [0.1, 0.15) is 13.8 Å². The molecule has 5 atom stereocenters. The molecule has 1 saturated heterocycles. The Morgan fingerprint density at radius 2 is 1.79 bits per heavy atom. The number of rotatable bonds is 1. The molecular formula is C8H15NO5. The number of amides is 1. The molecule has 0 saturated carbocycles. The lowest BCUT2D eigenvalue weighted by Crippen LogP contribution is -2.61. The minimum Gasteiger partial charge on any atom is -0.388 e. The molecule has 1 aliphatic heterocycles. The molecule has 1 aliphatic rings. The van der Waals surface area contributed by atoms with Gasteiger partial charge in [-0.25, -0.2) is 0 Å². The van der Waals surface area contributed by atoms with Crippen LogP contribution in [-0.2, 0) is 9.53 Å². The topological polar surface area (TPSA) is 99.0 Å². The SMILES string of the molecule is CC(=O)NC1OC(C)C(O)C(O)C1O. The fourth-order valence-electron chi connectivity index (χ4n) is 1.37. The van der Waals surface area contributed by atoms with Gasteiger partial charge < -0.3 is 25.4 Å². The molecule has 0 bridgehead atoms. The van der Waals surface area contributed by atoms with Crippen molar-refractivity contribution in [3.63, 3.8) is 0 Å². The maximum Gasteiger partial charge on any atom is 0.218 e. The average Bonchev–Trinajstić information content (AvgIpc) is 2.10. The lowest BCUT2D eigenvalue weighted by Gasteiger charge is -2.39. The number of ether oxygens (including phenoxy) is 1. The fourth-order valence-corrected chi connectivity index (χ4v) is 1.37. The third-order valence-corrected chi connectivity index (χ3v) is 2.20. The second-order valence-corrected chi connectivity index (χ2v) is 3.43. The molecule has 0 aromatic heterocycles. The zero-order valence-electron chi connectivity index (χ0n) is 8.04. The first-order chi connectivity index (χ1) is 6.43. The highest BCUT2D eigenvalue weighted by atomic mass is 16.5. The summed E-state index contributed by atoms with van der Waals surface area (Å²) >= 11 is 0. The summed E-state index contributed by atoms with van der Waals surface area (Å²) < 4.78 is 5.10. The average molecular weight is 205 g/mol. The predicted octanol–water partition coefficient (Wildman–Crippen LogP) is -2.05. The number of carbonyl (C=O) groups excluding carboxylic acids is 1. The lowest BCUT2D eigenvalue weighted by molar-refractivity contribution is -0.224. The van der Waals surface area contributed by atoms with Crippen molar-refractivity contribution >= 4 is 5.91 Å². The van der Waals surface area contributed by atoms with Gasteiger partial charge in [0.2, 0.25) is 5.91 Å². The second-order valence-electron chi connectivity index (χ2n) is 3.43. The maximum absolute atomic E-state index is 10.7. The van der Waals surface area contributed by atoms with E-state index >= 15 is 0 Å². The molecule has 1 amide bonds. The van der Waals surface area contributed by atoms with Crippen molar-refractivity contribution in [3.8, 4) is 0 Å². The van der Waals surface area contributed by atoms with Gasteiger partial charge in [0.25, 0.3) is 0 Å². The standard InChI is InChI=1S/C8H15NO5/c1-3-5(11)6(12)7(13)8(14-3)9-4(2)10/h3,5-8,11-13H,1-2H3,(H,9,10). The smallest absolute Gasteiger partial charge is 0.218 e. The van der Waals surface area contributed by atoms with E-state index in [9.17, 15) is 20.1 Å². The minimum absolute atomic E-state index is 0.371. The van der Waals surface area contributed by atoms with Crippen molar-refractivity contribution < 1.29 is 24.9 Å². The van der Waals surface area contributed by atoms with E-state index in [4.69, 9.17) is 4.74 Å². The number of aliphatic hydroxyl groups is 3. The summed E-state index contributed by atoms with van der Waals surface area (Å²) in [6, 6.07) is 0. The van der Waals surface area contributed by atoms with Crippen LogP contribution in [0.15, 0.2) is 0 Å². The van der Waals surface area contributed by atoms with E-state index in [1.54, 1.807) is 6.92 Å². The molecule has 0 spiro atoms. The van der Waals surface area contributed by atoms with Gasteiger partial charge in [-0.15, -0.1) is 0 Å². The summed E-state index contributed by atoms with van der Waals surface area (Å²) in [6.07, 6.45) is -5.37. The minimum atomic E-state index is -1.31. The van der Waals surface area contributed by atoms with Gasteiger partial charge >= 0.3 is 0 Å². The van der Waals surface area contributed by atoms with Crippen molar-refractivity contribution in [2.75, 3.05) is 0 Å². The van der Waals surface area contributed by atoms with E-state index in [0.717, 1.165) is 0 Å². The van der Waals surface area contributed by atoms with Crippen molar-refractivity contribution in [3.05, 3.63) is 0 Å². The molecule has 0 aliphatic carbocycles. The van der Waals surface area contributed by atoms with Crippen LogP contribution in [0.2, 0.25) is 0 Å². The molecule has 0 aromatic rings. The van der Waals surface area contributed by atoms with Crippen LogP contribution in [-0.4, -0.2) is 51.9 Å². The van der Waals surface area contributed by atoms with Gasteiger partial charge in [-0.3, -0.25) is 4.79 Å². The molecule has 1 rings (SSSR count). The van der Waals surface area contributed by atoms with Crippen LogP contribution in [0.4, 0.5) is 0 Å². The molecule has 1 fully saturated rings. The Morgan fingerprint density at radius 3 is 2.29 bits per heavy atom. The van der Waals surface area contributed by atoms with E-state index in [2.05, 4.69) is 5.32 Å². The van der Waals surface area contributed by atoms with E-state index < -0.39 is 30.6 Å². The van der Waals surface area contributed by atoms with Gasteiger partial charge in [-0.05, 0) is 6.92 Å². The monoisotopic (exact) mass is 205 g/mol. The summed E-state index contributed by atoms with van der Waals surface area (Å²) in [4.78, 5) is 10.7. The summed E-state index contributed by atoms with van der Waals surface area (Å²) in [7, 11) is 0. The highest BCUT2D eigenvalue weighted by Gasteiger charge is 2.41. The number of hydrogen-bond acceptors (Lipinski definition) is 5. The highest BCUT2D eigenvalue weighted by molar-refractivity contribution is 5.73. The van der Waals surface area contributed by atoms with Gasteiger partial charge in [-0.1, -0.05) is 0 Å². The Kier molecular flexibility index (Phi) is 3.43. The molecule has 0 aromatic carbocycles. The van der Waals surface area contributed by atoms with Gasteiger partial charge in [0.15, 0.2) is 6.23 Å². The van der Waals surface area contributed by atoms with E-state index in [-0.39, 0.29) is 5.91 Å². The van der Waals surface area contributed by atoms with Gasteiger partial charge in [0.05, 0.1) is 6.10 Å². The van der Waals surface area contributed by atoms with Crippen LogP contribution in [0.3, 0.4) is 0 Å². The zero-order chi connectivity index (χ0) is 10.9. The van der Waals surface area contributed by atoms with Crippen molar-refractivity contribution in [2.24, 2.45) is 0 Å². The molecular weight excluding hydrogens is 190 g/mol. The molecule has 1 heterocycles. The van der Waals surface area contributed by atoms with Crippen LogP contribution in [0, 0.1) is 0 Å². The third-order valence-electron chi connectivity index (χ3n) is 2.20. The lowest BCUT2D eigenvalue weighted by atomic mass is 9.99. The number of hydrogen-bond donors (Lipinski definition) is 4. The first-order valence-electron chi connectivity index (χ1n) is 4.40. The Balaban J connectivity index is 2.65. The third kappa shape index (κ3) is 2.21. The van der Waals surface area contributed by atoms with Crippen LogP contribution in [0.5, 0.6) is 0 Å². The Labute approximate surface area is 81.5 Å². The molecule has 6 heteroatoms. The first-order valence-corrected chi connectivity index (χ1v) is 4.40. The normalized spacial score (nSPS) is 43.4. The van der Waals surface area contributed by atoms with Crippen molar-refractivity contribution in [1.29, 1.82) is 0 Å². The molecule has 0 radical (unpaired) electrons. The molecule has 4 N–H and O–H groups in total. The quantitative estimate of drug-likeness (QED) is 0.395. The number of carbonyl (C=O) groups is 1. The second kappa shape index (κ2) is 4.22. The largest absolute Gasteiger partial charge is 0.388 e. The fraction of sp³-hybridized carbons (Fsp3) is 0.875. The van der Waals surface area contributed by atoms with Crippen LogP contribution in [0.25, 0.3) is 0 Å². The molecule has 6 nitrogen and oxygen atoms in total. The van der Waals surface area contributed by atoms with Crippen molar-refractivity contribution in [2.45, 2.75) is 44.5 Å². The Hall–Kier alpha value is -0.690. The number of aliphatic hydroxyl groups excluding tert-OH is 3. The summed E-state index contributed by atoms with van der Waals surface area (Å²) in [6.45, 7) is 2.83. The maximum atomic E-state index is 10.7. The van der Waals surface area contributed by atoms with Crippen LogP contribution >= 0.6 is 0 Å². The summed E-state index contributed by atoms with van der Waals surface area (Å²) in [5, 5.41) is 30.4. The van der Waals surface area contributed by atoms with Gasteiger partial charge in [0.1, 0.15) is 18.3 Å². The van der Waals surface area contributed by atoms with E-state index in [1.165, 1.54) is 6.92 Å². The van der Waals surface area contributed by atoms with Crippen molar-refractivity contribution in [1.82, 2.24) is 5.32 Å². The number of nitrogens with one attached hydrogen (secondary N) is 1. The predicted molar refractivity (Wildman–Crippen MR) is 46.2 cm³/mol. The Morgan fingerprint density at radius 1 is 1.21 bits per heavy atom. The zero-order valence-corrected chi connectivity index (χ0v) is 8.04. The first kappa shape index (κ1) is 11.4. The Bertz CT molecular complexity index is 222.